The van der Waals surface area contributed by atoms with E-state index < -0.39 is 152 Å². The molecule has 4 fully saturated rings. The molecule has 24 nitrogen and oxygen atoms in total. The molecule has 0 aliphatic carbocycles. The van der Waals surface area contributed by atoms with Gasteiger partial charge in [0.2, 0.25) is 0 Å². The van der Waals surface area contributed by atoms with Crippen LogP contribution >= 0.6 is 15.6 Å². The molecule has 0 saturated carbocycles. The Balaban J connectivity index is 1.11. The fourth-order valence-electron chi connectivity index (χ4n) is 12.6. The molecule has 602 valence electrons. The van der Waals surface area contributed by atoms with Crippen molar-refractivity contribution in [3.8, 4) is 0 Å². The average molecular weight is 1530 g/mol. The summed E-state index contributed by atoms with van der Waals surface area (Å²) in [5.74, 6) is 0. The number of aliphatic hydroxyl groups is 10. The molecule has 12 N–H and O–H groups in total. The topological polar surface area (TPSA) is 369 Å². The number of rotatable bonds is 45. The number of hydrogen-bond donors (Lipinski definition) is 12. The summed E-state index contributed by atoms with van der Waals surface area (Å²) < 4.78 is 79.8. The normalized spacial score (nSPS) is 31.8. The number of aliphatic hydroxyl groups excluding tert-OH is 10. The third kappa shape index (κ3) is 35.3. The molecule has 4 heterocycles. The molecule has 4 aliphatic heterocycles. The van der Waals surface area contributed by atoms with Gasteiger partial charge in [-0.3, -0.25) is 9.05 Å². The monoisotopic (exact) mass is 1530 g/mol. The van der Waals surface area contributed by atoms with Crippen LogP contribution in [0.2, 0.25) is 0 Å². The Bertz CT molecular complexity index is 3050. The van der Waals surface area contributed by atoms with Crippen molar-refractivity contribution >= 4 is 15.6 Å². The maximum absolute atomic E-state index is 13.2. The summed E-state index contributed by atoms with van der Waals surface area (Å²) in [4.78, 5) is 21.0. The fourth-order valence-corrected chi connectivity index (χ4v) is 14.7. The second-order valence-corrected chi connectivity index (χ2v) is 32.6. The van der Waals surface area contributed by atoms with Gasteiger partial charge in [-0.05, 0) is 225 Å². The zero-order valence-corrected chi connectivity index (χ0v) is 66.7. The zero-order chi connectivity index (χ0) is 78.1. The molecular formula is C79H132O24P2. The first kappa shape index (κ1) is 94.1. The van der Waals surface area contributed by atoms with Gasteiger partial charge in [0.25, 0.3) is 0 Å². The van der Waals surface area contributed by atoms with Gasteiger partial charge in [-0.25, -0.2) is 9.13 Å². The van der Waals surface area contributed by atoms with Gasteiger partial charge in [-0.15, -0.1) is 0 Å². The first-order valence-corrected chi connectivity index (χ1v) is 40.7. The highest BCUT2D eigenvalue weighted by Gasteiger charge is 2.55. The van der Waals surface area contributed by atoms with Crippen LogP contribution in [-0.2, 0) is 55.6 Å². The van der Waals surface area contributed by atoms with E-state index in [-0.39, 0.29) is 6.42 Å². The van der Waals surface area contributed by atoms with Crippen molar-refractivity contribution in [2.24, 2.45) is 0 Å². The molecule has 0 bridgehead atoms. The van der Waals surface area contributed by atoms with Crippen LogP contribution in [-0.4, -0.2) is 197 Å². The second kappa shape index (κ2) is 48.5. The highest BCUT2D eigenvalue weighted by Crippen LogP contribution is 2.61. The number of allylic oxidation sites excluding steroid dienone is 21. The van der Waals surface area contributed by atoms with E-state index in [2.05, 4.69) is 141 Å². The minimum atomic E-state index is -5.71. The second-order valence-electron chi connectivity index (χ2n) is 29.6. The van der Waals surface area contributed by atoms with Crippen molar-refractivity contribution in [3.63, 3.8) is 0 Å². The Morgan fingerprint density at radius 1 is 0.352 bits per heavy atom. The van der Waals surface area contributed by atoms with Gasteiger partial charge < -0.3 is 94.0 Å². The van der Waals surface area contributed by atoms with Crippen molar-refractivity contribution in [1.82, 2.24) is 0 Å². The van der Waals surface area contributed by atoms with E-state index in [9.17, 15) is 70.0 Å². The van der Waals surface area contributed by atoms with E-state index >= 15 is 0 Å². The van der Waals surface area contributed by atoms with Crippen LogP contribution in [0, 0.1) is 0 Å². The Morgan fingerprint density at radius 2 is 0.657 bits per heavy atom. The van der Waals surface area contributed by atoms with E-state index in [0.717, 1.165) is 121 Å². The van der Waals surface area contributed by atoms with Gasteiger partial charge in [-0.1, -0.05) is 128 Å². The minimum absolute atomic E-state index is 0.158. The van der Waals surface area contributed by atoms with Crippen LogP contribution in [0.1, 0.15) is 232 Å². The van der Waals surface area contributed by atoms with Crippen molar-refractivity contribution in [2.75, 3.05) is 19.8 Å². The molecule has 4 saturated heterocycles. The number of phosphoric ester groups is 2. The lowest BCUT2D eigenvalue weighted by Crippen LogP contribution is -2.66. The standard InChI is InChI=1S/C79H132O24P2/c1-50(2)25-15-26-51(3)27-16-28-52(4)29-17-30-53(5)31-18-32-54(6)33-19-34-55(7)35-20-36-56(8)37-21-38-57(9)39-22-40-58(10)41-23-42-59(11)43-24-44-60(12)45-46-94-104(90,91)103-105(92,93)102-79-72(89)75(68(85)66(49-81)98-79)101-77-70(87)69(86)73(62(14)96-77)99-78-71(88)74(67(84)65(48-80)97-78)100-76-64(83)47-63(82)61(13)95-76/h25,27,29,31,33,35,37,39,41,43,45,61-89H,15-24,26,28,30,32,34,36,38,40,42,44,46-49H2,1-14H3,(H,90,91)(H,92,93)/b51-27+,52-29+,53-31-,54-33-,55-35-,56-37-,57-39-,58-41-,59-43-,60-45-/t61-,62+,63-,64-,65-,66-,67-,68+,69+,70-,71+,72-,73+,74+,75+,76-,77+,78-,79-/m1/s1. The van der Waals surface area contributed by atoms with Gasteiger partial charge in [0.1, 0.15) is 73.2 Å². The molecule has 4 aliphatic rings. The predicted octanol–water partition coefficient (Wildman–Crippen LogP) is 12.8. The smallest absolute Gasteiger partial charge is 0.394 e. The van der Waals surface area contributed by atoms with Crippen LogP contribution in [0.25, 0.3) is 0 Å². The molecule has 0 amide bonds. The molecule has 0 aromatic carbocycles. The van der Waals surface area contributed by atoms with E-state index in [1.54, 1.807) is 6.92 Å². The van der Waals surface area contributed by atoms with Crippen LogP contribution < -0.4 is 0 Å². The summed E-state index contributed by atoms with van der Waals surface area (Å²) >= 11 is 0. The quantitative estimate of drug-likeness (QED) is 0.0199. The summed E-state index contributed by atoms with van der Waals surface area (Å²) in [5, 5.41) is 108. The van der Waals surface area contributed by atoms with Crippen molar-refractivity contribution in [1.29, 1.82) is 0 Å². The molecule has 26 heteroatoms. The summed E-state index contributed by atoms with van der Waals surface area (Å²) in [6, 6.07) is 0. The molecule has 4 rings (SSSR count). The minimum Gasteiger partial charge on any atom is -0.394 e. The van der Waals surface area contributed by atoms with Gasteiger partial charge >= 0.3 is 15.6 Å². The highest BCUT2D eigenvalue weighted by atomic mass is 31.3. The van der Waals surface area contributed by atoms with E-state index in [0.29, 0.717) is 12.8 Å². The first-order chi connectivity index (χ1) is 49.5. The third-order valence-electron chi connectivity index (χ3n) is 19.5. The molecule has 0 aromatic heterocycles. The summed E-state index contributed by atoms with van der Waals surface area (Å²) in [6.07, 6.45) is 13.2. The van der Waals surface area contributed by atoms with Gasteiger partial charge in [0.15, 0.2) is 25.2 Å². The van der Waals surface area contributed by atoms with Gasteiger partial charge in [0.05, 0.1) is 38.1 Å². The Hall–Kier alpha value is -3.28. The molecular weight excluding hydrogens is 1390 g/mol. The Labute approximate surface area is 625 Å². The number of phosphoric acid groups is 2. The van der Waals surface area contributed by atoms with Crippen molar-refractivity contribution in [2.45, 2.75) is 348 Å². The molecule has 2 unspecified atom stereocenters. The maximum atomic E-state index is 13.2. The highest BCUT2D eigenvalue weighted by molar-refractivity contribution is 7.61. The van der Waals surface area contributed by atoms with Gasteiger partial charge in [0, 0.05) is 6.42 Å². The van der Waals surface area contributed by atoms with E-state index in [1.807, 2.05) is 0 Å². The summed E-state index contributed by atoms with van der Waals surface area (Å²) in [5.41, 5.74) is 15.0. The van der Waals surface area contributed by atoms with E-state index in [1.165, 1.54) is 75.7 Å². The fraction of sp³-hybridized carbons (Fsp3) is 0.722. The Morgan fingerprint density at radius 3 is 1.02 bits per heavy atom. The molecule has 0 spiro atoms. The lowest BCUT2D eigenvalue weighted by Gasteiger charge is -2.48. The van der Waals surface area contributed by atoms with Crippen LogP contribution in [0.4, 0.5) is 0 Å². The molecule has 21 atom stereocenters. The predicted molar refractivity (Wildman–Crippen MR) is 405 cm³/mol. The Kier molecular flexibility index (Phi) is 43.5. The zero-order valence-electron chi connectivity index (χ0n) is 65.0. The maximum Gasteiger partial charge on any atom is 0.483 e. The average Bonchev–Trinajstić information content (AvgIpc) is 0.782. The van der Waals surface area contributed by atoms with Crippen LogP contribution in [0.5, 0.6) is 0 Å². The lowest BCUT2D eigenvalue weighted by atomic mass is 9.96. The SMILES string of the molecule is CC(C)=CCC/C(C)=C/CC/C(C)=C/CC/C(C)=C\CC/C(C)=C\CC/C(C)=C\CC/C(C)=C\CC/C(C)=C\CC/C(C)=C\CC/C(C)=C\CC/C(C)=C\COP(=O)(O)OP(=O)(O)O[C@H]1O[C@H](CO)[C@H](O)[C@H](O[C@@H]2O[C@@H](C)[C@H](O[C@H]3O[C@H](CO)[C@@H](O)[C@H](O[C@H]4O[C@H](C)[C@H](O)C[C@H]4O)[C@@H]3O)[C@@H](O)[C@H]2O)[C@H]1O. The van der Waals surface area contributed by atoms with Crippen LogP contribution in [0.15, 0.2) is 128 Å². The lowest BCUT2D eigenvalue weighted by molar-refractivity contribution is -0.382. The van der Waals surface area contributed by atoms with Crippen molar-refractivity contribution in [3.05, 3.63) is 128 Å². The molecule has 105 heavy (non-hydrogen) atoms. The van der Waals surface area contributed by atoms with Gasteiger partial charge in [-0.2, -0.15) is 4.31 Å². The largest absolute Gasteiger partial charge is 0.483 e. The third-order valence-corrected chi connectivity index (χ3v) is 22.1. The van der Waals surface area contributed by atoms with E-state index in [4.69, 9.17) is 42.2 Å². The molecule has 0 radical (unpaired) electrons. The van der Waals surface area contributed by atoms with Crippen molar-refractivity contribution < 1.29 is 116 Å². The summed E-state index contributed by atoms with van der Waals surface area (Å²) in [6.45, 7) is 26.7. The molecule has 0 aromatic rings. The first-order valence-electron chi connectivity index (χ1n) is 37.7. The summed E-state index contributed by atoms with van der Waals surface area (Å²) in [7, 11) is -11.1. The van der Waals surface area contributed by atoms with Crippen LogP contribution in [0.3, 0.4) is 0 Å². The number of ether oxygens (including phenoxy) is 7. The number of hydrogen-bond acceptors (Lipinski definition) is 22.